The lowest BCUT2D eigenvalue weighted by Crippen LogP contribution is -2.30. The van der Waals surface area contributed by atoms with Crippen LogP contribution in [0.15, 0.2) is 71.3 Å². The molecule has 0 spiro atoms. The number of rotatable bonds is 11. The number of amides is 3. The molecule has 4 rings (SSSR count). The Morgan fingerprint density at radius 3 is 2.55 bits per heavy atom. The Kier molecular flexibility index (Phi) is 8.28. The highest BCUT2D eigenvalue weighted by Crippen LogP contribution is 2.35. The molecule has 12 heteroatoms. The Hall–Kier alpha value is -5.39. The van der Waals surface area contributed by atoms with Crippen LogP contribution in [0.2, 0.25) is 0 Å². The van der Waals surface area contributed by atoms with Crippen LogP contribution in [0.3, 0.4) is 0 Å². The molecule has 0 atom stereocenters. The first-order valence-corrected chi connectivity index (χ1v) is 11.9. The Morgan fingerprint density at radius 1 is 1.15 bits per heavy atom. The third-order valence-electron chi connectivity index (χ3n) is 5.90. The number of nitro benzene ring substituents is 1. The fraction of sp³-hybridized carbons (Fsp3) is 0.179. The van der Waals surface area contributed by atoms with E-state index in [-0.39, 0.29) is 36.1 Å². The zero-order valence-corrected chi connectivity index (χ0v) is 21.7. The average molecular weight is 548 g/mol. The number of benzene rings is 2. The van der Waals surface area contributed by atoms with E-state index >= 15 is 0 Å². The summed E-state index contributed by atoms with van der Waals surface area (Å²) in [4.78, 5) is 48.5. The van der Waals surface area contributed by atoms with Crippen molar-refractivity contribution in [1.82, 2.24) is 10.2 Å². The topological polar surface area (TPSA) is 150 Å². The van der Waals surface area contributed by atoms with Gasteiger partial charge in [0.1, 0.15) is 18.1 Å². The van der Waals surface area contributed by atoms with Crippen molar-refractivity contribution in [1.29, 1.82) is 0 Å². The Labute approximate surface area is 228 Å². The molecule has 1 N–H and O–H groups in total. The van der Waals surface area contributed by atoms with Gasteiger partial charge in [0, 0.05) is 17.7 Å². The van der Waals surface area contributed by atoms with Crippen LogP contribution in [0.1, 0.15) is 33.0 Å². The summed E-state index contributed by atoms with van der Waals surface area (Å²) in [6, 6.07) is 11.7. The minimum atomic E-state index is -0.673. The number of esters is 1. The molecule has 40 heavy (non-hydrogen) atoms. The maximum Gasteiger partial charge on any atom is 0.373 e. The second-order valence-electron chi connectivity index (χ2n) is 8.55. The number of hydrogen-bond donors (Lipinski definition) is 1. The van der Waals surface area contributed by atoms with Crippen molar-refractivity contribution in [2.75, 3.05) is 14.2 Å². The molecule has 1 aliphatic rings. The first-order chi connectivity index (χ1) is 19.2. The number of carbonyl (C=O) groups excluding carboxylic acids is 3. The average Bonchev–Trinajstić information content (AvgIpc) is 3.52. The van der Waals surface area contributed by atoms with Crippen molar-refractivity contribution in [2.24, 2.45) is 0 Å². The highest BCUT2D eigenvalue weighted by atomic mass is 16.6. The maximum atomic E-state index is 13.0. The quantitative estimate of drug-likeness (QED) is 0.0921. The summed E-state index contributed by atoms with van der Waals surface area (Å²) in [5.74, 6) is -0.233. The number of non-ortho nitro benzene ring substituents is 1. The van der Waals surface area contributed by atoms with Crippen LogP contribution in [-0.4, -0.2) is 42.0 Å². The van der Waals surface area contributed by atoms with Gasteiger partial charge in [0.2, 0.25) is 5.76 Å². The van der Waals surface area contributed by atoms with Gasteiger partial charge in [-0.25, -0.2) is 9.59 Å². The Morgan fingerprint density at radius 2 is 1.90 bits per heavy atom. The second kappa shape index (κ2) is 12.0. The molecular weight excluding hydrogens is 522 g/mol. The molecule has 12 nitrogen and oxygen atoms in total. The van der Waals surface area contributed by atoms with E-state index in [0.29, 0.717) is 29.0 Å². The molecule has 1 aliphatic heterocycles. The molecule has 2 aromatic carbocycles. The lowest BCUT2D eigenvalue weighted by molar-refractivity contribution is -0.384. The van der Waals surface area contributed by atoms with Crippen LogP contribution in [0, 0.1) is 10.1 Å². The highest BCUT2D eigenvalue weighted by molar-refractivity contribution is 6.13. The SMILES string of the molecule is C=CCc1cc(/C=C2\NC(=O)N(Cc3ccc(C(=O)OC)o3)C2=O)cc(OC)c1OCc1ccc([N+](=O)[O-])cc1. The molecule has 206 valence electrons. The summed E-state index contributed by atoms with van der Waals surface area (Å²) >= 11 is 0. The van der Waals surface area contributed by atoms with Crippen molar-refractivity contribution >= 4 is 29.7 Å². The number of nitrogens with one attached hydrogen (secondary N) is 1. The van der Waals surface area contributed by atoms with Gasteiger partial charge in [0.25, 0.3) is 11.6 Å². The van der Waals surface area contributed by atoms with Gasteiger partial charge in [0.15, 0.2) is 11.5 Å². The van der Waals surface area contributed by atoms with Gasteiger partial charge < -0.3 is 23.9 Å². The summed E-state index contributed by atoms with van der Waals surface area (Å²) < 4.78 is 21.5. The Bertz CT molecular complexity index is 1510. The van der Waals surface area contributed by atoms with E-state index < -0.39 is 22.8 Å². The molecule has 1 saturated heterocycles. The maximum absolute atomic E-state index is 13.0. The fourth-order valence-corrected chi connectivity index (χ4v) is 3.97. The molecule has 0 saturated carbocycles. The molecule has 0 bridgehead atoms. The third-order valence-corrected chi connectivity index (χ3v) is 5.90. The zero-order valence-electron chi connectivity index (χ0n) is 21.7. The molecule has 3 amide bonds. The standard InChI is InChI=1S/C28H25N3O9/c1-4-5-19-12-18(14-24(37-2)25(19)39-16-17-6-8-20(9-7-17)31(35)36)13-22-26(32)30(28(34)29-22)15-21-10-11-23(40-21)27(33)38-3/h4,6-14H,1,5,15-16H2,2-3H3,(H,29,34)/b22-13-. The van der Waals surface area contributed by atoms with Crippen molar-refractivity contribution in [3.63, 3.8) is 0 Å². The number of ether oxygens (including phenoxy) is 3. The van der Waals surface area contributed by atoms with Crippen LogP contribution in [0.4, 0.5) is 10.5 Å². The summed E-state index contributed by atoms with van der Waals surface area (Å²) in [6.45, 7) is 3.74. The smallest absolute Gasteiger partial charge is 0.373 e. The minimum Gasteiger partial charge on any atom is -0.493 e. The molecule has 0 unspecified atom stereocenters. The van der Waals surface area contributed by atoms with E-state index in [1.165, 1.54) is 44.6 Å². The summed E-state index contributed by atoms with van der Waals surface area (Å²) in [7, 11) is 2.69. The number of imide groups is 1. The van der Waals surface area contributed by atoms with Gasteiger partial charge in [-0.05, 0) is 60.0 Å². The fourth-order valence-electron chi connectivity index (χ4n) is 3.97. The van der Waals surface area contributed by atoms with Gasteiger partial charge in [-0.15, -0.1) is 6.58 Å². The van der Waals surface area contributed by atoms with Gasteiger partial charge in [0.05, 0.1) is 25.7 Å². The number of methoxy groups -OCH3 is 2. The van der Waals surface area contributed by atoms with E-state index in [9.17, 15) is 24.5 Å². The molecular formula is C28H25N3O9. The number of allylic oxidation sites excluding steroid dienone is 1. The predicted octanol–water partition coefficient (Wildman–Crippen LogP) is 4.38. The molecule has 1 aromatic heterocycles. The molecule has 3 aromatic rings. The largest absolute Gasteiger partial charge is 0.493 e. The van der Waals surface area contributed by atoms with Crippen LogP contribution < -0.4 is 14.8 Å². The monoisotopic (exact) mass is 547 g/mol. The van der Waals surface area contributed by atoms with E-state index in [1.54, 1.807) is 30.3 Å². The number of furan rings is 1. The normalized spacial score (nSPS) is 13.8. The van der Waals surface area contributed by atoms with Crippen molar-refractivity contribution < 1.29 is 37.9 Å². The molecule has 2 heterocycles. The van der Waals surface area contributed by atoms with Crippen molar-refractivity contribution in [3.05, 3.63) is 105 Å². The van der Waals surface area contributed by atoms with Gasteiger partial charge in [-0.3, -0.25) is 19.8 Å². The first kappa shape index (κ1) is 27.6. The first-order valence-electron chi connectivity index (χ1n) is 11.9. The molecule has 0 radical (unpaired) electrons. The predicted molar refractivity (Wildman–Crippen MR) is 141 cm³/mol. The number of nitrogens with zero attached hydrogens (tertiary/aromatic N) is 2. The minimum absolute atomic E-state index is 0.0201. The Balaban J connectivity index is 1.55. The zero-order chi connectivity index (χ0) is 28.8. The van der Waals surface area contributed by atoms with Crippen LogP contribution >= 0.6 is 0 Å². The third kappa shape index (κ3) is 6.01. The lowest BCUT2D eigenvalue weighted by Gasteiger charge is -2.16. The van der Waals surface area contributed by atoms with Crippen LogP contribution in [-0.2, 0) is 29.1 Å². The van der Waals surface area contributed by atoms with Gasteiger partial charge >= 0.3 is 12.0 Å². The van der Waals surface area contributed by atoms with E-state index in [4.69, 9.17) is 13.9 Å². The summed E-state index contributed by atoms with van der Waals surface area (Å²) in [5.41, 5.74) is 2.01. The highest BCUT2D eigenvalue weighted by Gasteiger charge is 2.34. The molecule has 1 fully saturated rings. The summed E-state index contributed by atoms with van der Waals surface area (Å²) in [6.07, 6.45) is 3.61. The van der Waals surface area contributed by atoms with E-state index in [2.05, 4.69) is 16.6 Å². The molecule has 0 aliphatic carbocycles. The number of hydrogen-bond acceptors (Lipinski definition) is 9. The summed E-state index contributed by atoms with van der Waals surface area (Å²) in [5, 5.41) is 13.4. The van der Waals surface area contributed by atoms with E-state index in [0.717, 1.165) is 10.5 Å². The number of nitro groups is 1. The van der Waals surface area contributed by atoms with Crippen molar-refractivity contribution in [2.45, 2.75) is 19.6 Å². The van der Waals surface area contributed by atoms with Crippen LogP contribution in [0.25, 0.3) is 6.08 Å². The van der Waals surface area contributed by atoms with Gasteiger partial charge in [-0.1, -0.05) is 6.08 Å². The second-order valence-corrected chi connectivity index (χ2v) is 8.55. The van der Waals surface area contributed by atoms with Crippen LogP contribution in [0.5, 0.6) is 11.5 Å². The van der Waals surface area contributed by atoms with E-state index in [1.807, 2.05) is 0 Å². The number of carbonyl (C=O) groups is 3. The number of urea groups is 1. The van der Waals surface area contributed by atoms with Crippen molar-refractivity contribution in [3.8, 4) is 11.5 Å². The lowest BCUT2D eigenvalue weighted by atomic mass is 10.0. The van der Waals surface area contributed by atoms with Gasteiger partial charge in [-0.2, -0.15) is 0 Å².